The minimum absolute atomic E-state index is 0.131. The number of aromatic nitrogens is 2. The van der Waals surface area contributed by atoms with E-state index in [1.807, 2.05) is 26.1 Å². The SMILES string of the molecule is Cc1cc(C(=O)NCCN2CCN(c3ccc(F)cc3)CC2)nn1C. The number of nitrogens with one attached hydrogen (secondary N) is 1. The van der Waals surface area contributed by atoms with Gasteiger partial charge >= 0.3 is 0 Å². The van der Waals surface area contributed by atoms with Crippen molar-refractivity contribution in [3.05, 3.63) is 47.5 Å². The number of rotatable bonds is 5. The topological polar surface area (TPSA) is 53.4 Å². The van der Waals surface area contributed by atoms with Crippen molar-refractivity contribution in [2.45, 2.75) is 6.92 Å². The molecule has 1 aliphatic heterocycles. The Morgan fingerprint density at radius 2 is 1.88 bits per heavy atom. The van der Waals surface area contributed by atoms with Crippen LogP contribution in [0.5, 0.6) is 0 Å². The van der Waals surface area contributed by atoms with Crippen LogP contribution in [-0.2, 0) is 7.05 Å². The summed E-state index contributed by atoms with van der Waals surface area (Å²) >= 11 is 0. The molecule has 2 heterocycles. The third kappa shape index (κ3) is 4.36. The summed E-state index contributed by atoms with van der Waals surface area (Å²) in [7, 11) is 1.83. The van der Waals surface area contributed by atoms with Crippen LogP contribution in [0.3, 0.4) is 0 Å². The van der Waals surface area contributed by atoms with Crippen LogP contribution in [0, 0.1) is 12.7 Å². The van der Waals surface area contributed by atoms with Crippen LogP contribution in [0.1, 0.15) is 16.2 Å². The Bertz CT molecular complexity index is 700. The first-order chi connectivity index (χ1) is 12.0. The zero-order chi connectivity index (χ0) is 17.8. The number of benzene rings is 1. The average Bonchev–Trinajstić information content (AvgIpc) is 2.95. The Balaban J connectivity index is 1.40. The van der Waals surface area contributed by atoms with Crippen LogP contribution in [0.25, 0.3) is 0 Å². The minimum Gasteiger partial charge on any atom is -0.369 e. The highest BCUT2D eigenvalue weighted by Crippen LogP contribution is 2.16. The molecule has 1 fully saturated rings. The first-order valence-electron chi connectivity index (χ1n) is 8.54. The highest BCUT2D eigenvalue weighted by Gasteiger charge is 2.17. The smallest absolute Gasteiger partial charge is 0.271 e. The maximum absolute atomic E-state index is 13.0. The largest absolute Gasteiger partial charge is 0.369 e. The van der Waals surface area contributed by atoms with Crippen molar-refractivity contribution in [1.82, 2.24) is 20.0 Å². The van der Waals surface area contributed by atoms with Crippen LogP contribution in [0.15, 0.2) is 30.3 Å². The molecule has 1 aromatic heterocycles. The maximum atomic E-state index is 13.0. The molecule has 0 aliphatic carbocycles. The molecule has 7 heteroatoms. The number of nitrogens with zero attached hydrogens (tertiary/aromatic N) is 4. The predicted molar refractivity (Wildman–Crippen MR) is 95.3 cm³/mol. The molecule has 0 unspecified atom stereocenters. The van der Waals surface area contributed by atoms with E-state index in [0.717, 1.165) is 44.1 Å². The Labute approximate surface area is 147 Å². The van der Waals surface area contributed by atoms with Gasteiger partial charge in [-0.25, -0.2) is 4.39 Å². The number of halogens is 1. The number of hydrogen-bond acceptors (Lipinski definition) is 4. The summed E-state index contributed by atoms with van der Waals surface area (Å²) in [5, 5.41) is 7.11. The number of piperazine rings is 1. The fourth-order valence-electron chi connectivity index (χ4n) is 2.97. The fourth-order valence-corrected chi connectivity index (χ4v) is 2.97. The molecule has 1 aromatic carbocycles. The summed E-state index contributed by atoms with van der Waals surface area (Å²) in [4.78, 5) is 16.7. The van der Waals surface area contributed by atoms with Crippen LogP contribution < -0.4 is 10.2 Å². The highest BCUT2D eigenvalue weighted by molar-refractivity contribution is 5.92. The van der Waals surface area contributed by atoms with Crippen molar-refractivity contribution >= 4 is 11.6 Å². The lowest BCUT2D eigenvalue weighted by Crippen LogP contribution is -2.48. The lowest BCUT2D eigenvalue weighted by molar-refractivity contribution is 0.0942. The second-order valence-electron chi connectivity index (χ2n) is 6.36. The van der Waals surface area contributed by atoms with E-state index in [2.05, 4.69) is 20.2 Å². The van der Waals surface area contributed by atoms with Gasteiger partial charge in [0.15, 0.2) is 0 Å². The number of carbonyl (C=O) groups is 1. The molecule has 2 aromatic rings. The third-order valence-electron chi connectivity index (χ3n) is 4.62. The Kier molecular flexibility index (Phi) is 5.33. The molecule has 0 bridgehead atoms. The van der Waals surface area contributed by atoms with Crippen LogP contribution >= 0.6 is 0 Å². The average molecular weight is 345 g/mol. The van der Waals surface area contributed by atoms with Gasteiger partial charge in [-0.3, -0.25) is 14.4 Å². The van der Waals surface area contributed by atoms with E-state index in [-0.39, 0.29) is 11.7 Å². The van der Waals surface area contributed by atoms with Crippen molar-refractivity contribution in [3.63, 3.8) is 0 Å². The Morgan fingerprint density at radius 3 is 2.48 bits per heavy atom. The Hall–Kier alpha value is -2.41. The van der Waals surface area contributed by atoms with Gasteiger partial charge in [-0.15, -0.1) is 0 Å². The van der Waals surface area contributed by atoms with Crippen LogP contribution in [0.2, 0.25) is 0 Å². The van der Waals surface area contributed by atoms with Crippen molar-refractivity contribution in [2.75, 3.05) is 44.2 Å². The van der Waals surface area contributed by atoms with Gasteiger partial charge in [-0.1, -0.05) is 0 Å². The van der Waals surface area contributed by atoms with Crippen molar-refractivity contribution < 1.29 is 9.18 Å². The zero-order valence-electron chi connectivity index (χ0n) is 14.7. The zero-order valence-corrected chi connectivity index (χ0v) is 14.7. The highest BCUT2D eigenvalue weighted by atomic mass is 19.1. The van der Waals surface area contributed by atoms with E-state index in [4.69, 9.17) is 0 Å². The molecular weight excluding hydrogens is 321 g/mol. The van der Waals surface area contributed by atoms with E-state index in [9.17, 15) is 9.18 Å². The summed E-state index contributed by atoms with van der Waals surface area (Å²) in [6, 6.07) is 8.42. The van der Waals surface area contributed by atoms with Crippen LogP contribution in [0.4, 0.5) is 10.1 Å². The van der Waals surface area contributed by atoms with Gasteiger partial charge in [0.1, 0.15) is 11.5 Å². The van der Waals surface area contributed by atoms with Gasteiger partial charge in [0.05, 0.1) is 0 Å². The Morgan fingerprint density at radius 1 is 1.20 bits per heavy atom. The summed E-state index contributed by atoms with van der Waals surface area (Å²) in [5.74, 6) is -0.338. The summed E-state index contributed by atoms with van der Waals surface area (Å²) in [5.41, 5.74) is 2.48. The maximum Gasteiger partial charge on any atom is 0.271 e. The molecule has 1 N–H and O–H groups in total. The number of amides is 1. The molecule has 1 amide bonds. The molecule has 6 nitrogen and oxygen atoms in total. The van der Waals surface area contributed by atoms with E-state index in [1.54, 1.807) is 10.7 Å². The molecule has 25 heavy (non-hydrogen) atoms. The standard InChI is InChI=1S/C18H24FN5O/c1-14-13-17(21-22(14)2)18(25)20-7-8-23-9-11-24(12-10-23)16-5-3-15(19)4-6-16/h3-6,13H,7-12H2,1-2H3,(H,20,25). The second kappa shape index (κ2) is 7.65. The first kappa shape index (κ1) is 17.4. The first-order valence-corrected chi connectivity index (χ1v) is 8.54. The molecule has 0 spiro atoms. The molecular formula is C18H24FN5O. The molecule has 0 atom stereocenters. The van der Waals surface area contributed by atoms with E-state index >= 15 is 0 Å². The summed E-state index contributed by atoms with van der Waals surface area (Å²) in [6.07, 6.45) is 0. The molecule has 134 valence electrons. The molecule has 0 radical (unpaired) electrons. The lowest BCUT2D eigenvalue weighted by Gasteiger charge is -2.36. The van der Waals surface area contributed by atoms with Gasteiger partial charge in [-0.05, 0) is 37.3 Å². The predicted octanol–water partition coefficient (Wildman–Crippen LogP) is 1.42. The normalized spacial score (nSPS) is 15.4. The van der Waals surface area contributed by atoms with Gasteiger partial charge < -0.3 is 10.2 Å². The lowest BCUT2D eigenvalue weighted by atomic mass is 10.2. The molecule has 0 saturated carbocycles. The van der Waals surface area contributed by atoms with E-state index in [1.165, 1.54) is 12.1 Å². The van der Waals surface area contributed by atoms with E-state index in [0.29, 0.717) is 12.2 Å². The number of hydrogen-bond donors (Lipinski definition) is 1. The number of anilines is 1. The van der Waals surface area contributed by atoms with Gasteiger partial charge in [-0.2, -0.15) is 5.10 Å². The fraction of sp³-hybridized carbons (Fsp3) is 0.444. The van der Waals surface area contributed by atoms with Crippen molar-refractivity contribution in [2.24, 2.45) is 7.05 Å². The quantitative estimate of drug-likeness (QED) is 0.891. The van der Waals surface area contributed by atoms with Gasteiger partial charge in [0.2, 0.25) is 0 Å². The molecule has 1 aliphatic rings. The van der Waals surface area contributed by atoms with Crippen molar-refractivity contribution in [3.8, 4) is 0 Å². The molecule has 3 rings (SSSR count). The van der Waals surface area contributed by atoms with E-state index < -0.39 is 0 Å². The van der Waals surface area contributed by atoms with Crippen LogP contribution in [-0.4, -0.2) is 59.9 Å². The molecule has 1 saturated heterocycles. The van der Waals surface area contributed by atoms with Gasteiger partial charge in [0.25, 0.3) is 5.91 Å². The monoisotopic (exact) mass is 345 g/mol. The number of carbonyl (C=O) groups excluding carboxylic acids is 1. The minimum atomic E-state index is -0.207. The van der Waals surface area contributed by atoms with Gasteiger partial charge in [0, 0.05) is 57.7 Å². The number of aryl methyl sites for hydroxylation is 2. The third-order valence-corrected chi connectivity index (χ3v) is 4.62. The summed E-state index contributed by atoms with van der Waals surface area (Å²) < 4.78 is 14.7. The second-order valence-corrected chi connectivity index (χ2v) is 6.36. The summed E-state index contributed by atoms with van der Waals surface area (Å²) in [6.45, 7) is 6.99. The van der Waals surface area contributed by atoms with Crippen molar-refractivity contribution in [1.29, 1.82) is 0 Å².